The first-order valence-corrected chi connectivity index (χ1v) is 7.26. The van der Waals surface area contributed by atoms with Gasteiger partial charge in [0.05, 0.1) is 0 Å². The molecule has 0 heterocycles. The van der Waals surface area contributed by atoms with Crippen LogP contribution >= 0.6 is 7.92 Å². The van der Waals surface area contributed by atoms with Crippen LogP contribution in [0.2, 0.25) is 0 Å². The van der Waals surface area contributed by atoms with Crippen LogP contribution in [0, 0.1) is 5.75 Å². The number of rotatable bonds is 3. The van der Waals surface area contributed by atoms with Gasteiger partial charge < -0.3 is 0 Å². The summed E-state index contributed by atoms with van der Waals surface area (Å²) >= 11 is 0. The van der Waals surface area contributed by atoms with Crippen molar-refractivity contribution >= 4 is 23.2 Å². The third-order valence-corrected chi connectivity index (χ3v) is 1.74. The SMILES string of the molecule is CS(C)(C)(=O)OC(=O)CNC#P=O. The first kappa shape index (κ1) is 12.6. The van der Waals surface area contributed by atoms with Crippen molar-refractivity contribution in [2.75, 3.05) is 25.3 Å². The molecule has 0 aliphatic rings. The second-order valence-corrected chi connectivity index (χ2v) is 8.46. The Kier molecular flexibility index (Phi) is 4.07. The molecule has 0 rings (SSSR count). The second kappa shape index (κ2) is 4.20. The molecule has 0 amide bonds. The summed E-state index contributed by atoms with van der Waals surface area (Å²) in [4.78, 5) is 10.9. The quantitative estimate of drug-likeness (QED) is 0.538. The van der Waals surface area contributed by atoms with Crippen LogP contribution in [0.3, 0.4) is 0 Å². The van der Waals surface area contributed by atoms with E-state index in [4.69, 9.17) is 0 Å². The van der Waals surface area contributed by atoms with E-state index >= 15 is 0 Å². The summed E-state index contributed by atoms with van der Waals surface area (Å²) in [5.74, 6) is 1.49. The summed E-state index contributed by atoms with van der Waals surface area (Å²) in [6.45, 7) is -0.195. The van der Waals surface area contributed by atoms with Crippen molar-refractivity contribution in [3.8, 4) is 5.75 Å². The predicted molar refractivity (Wildman–Crippen MR) is 51.5 cm³/mol. The van der Waals surface area contributed by atoms with E-state index in [2.05, 4.69) is 15.3 Å². The van der Waals surface area contributed by atoms with E-state index in [0.717, 1.165) is 0 Å². The predicted octanol–water partition coefficient (Wildman–Crippen LogP) is -0.0479. The molecule has 0 aliphatic heterocycles. The Morgan fingerprint density at radius 3 is 2.46 bits per heavy atom. The van der Waals surface area contributed by atoms with Crippen molar-refractivity contribution in [2.45, 2.75) is 0 Å². The first-order chi connectivity index (χ1) is 5.71. The Bertz CT molecular complexity index is 354. The number of carbonyl (C=O) groups is 1. The first-order valence-electron chi connectivity index (χ1n) is 3.33. The minimum absolute atomic E-state index is 0.195. The van der Waals surface area contributed by atoms with Gasteiger partial charge in [-0.2, -0.15) is 0 Å². The summed E-state index contributed by atoms with van der Waals surface area (Å²) < 4.78 is 26.0. The van der Waals surface area contributed by atoms with E-state index < -0.39 is 15.3 Å². The average molecular weight is 225 g/mol. The third kappa shape index (κ3) is 9.50. The van der Waals surface area contributed by atoms with Gasteiger partial charge in [0.15, 0.2) is 0 Å². The molecular weight excluding hydrogens is 213 g/mol. The molecule has 0 saturated carbocycles. The van der Waals surface area contributed by atoms with Gasteiger partial charge in [-0.1, -0.05) is 0 Å². The summed E-state index contributed by atoms with van der Waals surface area (Å²) in [6, 6.07) is 0. The number of hydrogen-bond acceptors (Lipinski definition) is 5. The van der Waals surface area contributed by atoms with Crippen LogP contribution in [0.25, 0.3) is 0 Å². The van der Waals surface area contributed by atoms with Gasteiger partial charge in [0.2, 0.25) is 0 Å². The molecule has 0 aromatic heterocycles. The van der Waals surface area contributed by atoms with Crippen LogP contribution in [-0.2, 0) is 22.9 Å². The van der Waals surface area contributed by atoms with Crippen molar-refractivity contribution in [1.29, 1.82) is 0 Å². The zero-order valence-electron chi connectivity index (χ0n) is 7.70. The van der Waals surface area contributed by atoms with Crippen LogP contribution in [-0.4, -0.2) is 35.5 Å². The molecule has 0 unspecified atom stereocenters. The van der Waals surface area contributed by atoms with Crippen LogP contribution in [0.5, 0.6) is 0 Å². The number of carbonyl (C=O) groups excluding carboxylic acids is 1. The van der Waals surface area contributed by atoms with E-state index in [9.17, 15) is 13.6 Å². The van der Waals surface area contributed by atoms with Crippen molar-refractivity contribution in [2.24, 2.45) is 0 Å². The Morgan fingerprint density at radius 2 is 2.08 bits per heavy atom. The van der Waals surface area contributed by atoms with E-state index in [1.807, 2.05) is 0 Å². The maximum absolute atomic E-state index is 11.5. The standard InChI is InChI=1S/C6H12NO4PS/c1-13(2,3,10)11-6(8)4-7-5-12-9/h7H,4H2,1-3H3. The Morgan fingerprint density at radius 1 is 1.54 bits per heavy atom. The van der Waals surface area contributed by atoms with E-state index in [0.29, 0.717) is 0 Å². The van der Waals surface area contributed by atoms with Crippen LogP contribution in [0.15, 0.2) is 0 Å². The summed E-state index contributed by atoms with van der Waals surface area (Å²) in [5.41, 5.74) is 0. The second-order valence-electron chi connectivity index (χ2n) is 3.30. The van der Waals surface area contributed by atoms with Gasteiger partial charge in [-0.25, -0.2) is 0 Å². The van der Waals surface area contributed by atoms with Gasteiger partial charge in [-0.15, -0.1) is 0 Å². The number of nitrogens with one attached hydrogen (secondary N) is 1. The van der Waals surface area contributed by atoms with Gasteiger partial charge in [0.25, 0.3) is 0 Å². The third-order valence-electron chi connectivity index (χ3n) is 0.734. The average Bonchev–Trinajstić information content (AvgIpc) is 1.82. The molecule has 5 nitrogen and oxygen atoms in total. The molecule has 0 bridgehead atoms. The molecule has 1 N–H and O–H groups in total. The number of hydrogen-bond donors (Lipinski definition) is 1. The van der Waals surface area contributed by atoms with Crippen LogP contribution < -0.4 is 5.32 Å². The zero-order chi connectivity index (χ0) is 10.6. The molecule has 0 aromatic carbocycles. The fourth-order valence-electron chi connectivity index (χ4n) is 0.490. The molecule has 76 valence electrons. The van der Waals surface area contributed by atoms with Crippen LogP contribution in [0.4, 0.5) is 0 Å². The van der Waals surface area contributed by atoms with Crippen LogP contribution in [0.1, 0.15) is 0 Å². The summed E-state index contributed by atoms with van der Waals surface area (Å²) in [5, 5.41) is 2.30. The fraction of sp³-hybridized carbons (Fsp3) is 0.667. The van der Waals surface area contributed by atoms with Crippen molar-refractivity contribution in [3.05, 3.63) is 0 Å². The molecule has 0 radical (unpaired) electrons. The van der Waals surface area contributed by atoms with E-state index in [1.54, 1.807) is 0 Å². The maximum atomic E-state index is 11.5. The van der Waals surface area contributed by atoms with Gasteiger partial charge in [0.1, 0.15) is 0 Å². The van der Waals surface area contributed by atoms with Crippen molar-refractivity contribution < 1.29 is 17.8 Å². The molecular formula is C6H12NO4PS. The van der Waals surface area contributed by atoms with Gasteiger partial charge in [-0.3, -0.25) is 0 Å². The minimum atomic E-state index is -3.25. The van der Waals surface area contributed by atoms with E-state index in [1.165, 1.54) is 18.8 Å². The van der Waals surface area contributed by atoms with Crippen molar-refractivity contribution in [1.82, 2.24) is 5.32 Å². The molecule has 7 heteroatoms. The Labute approximate surface area is 77.9 Å². The Hall–Kier alpha value is -0.410. The van der Waals surface area contributed by atoms with Gasteiger partial charge in [0, 0.05) is 0 Å². The topological polar surface area (TPSA) is 72.5 Å². The monoisotopic (exact) mass is 225 g/mol. The summed E-state index contributed by atoms with van der Waals surface area (Å²) in [6.07, 6.45) is 4.07. The molecule has 0 spiro atoms. The molecule has 0 atom stereocenters. The molecule has 13 heavy (non-hydrogen) atoms. The van der Waals surface area contributed by atoms with Crippen molar-refractivity contribution in [3.63, 3.8) is 0 Å². The molecule has 0 aromatic rings. The van der Waals surface area contributed by atoms with E-state index in [-0.39, 0.29) is 14.5 Å². The van der Waals surface area contributed by atoms with Gasteiger partial charge in [-0.05, 0) is 0 Å². The van der Waals surface area contributed by atoms with Gasteiger partial charge >= 0.3 is 77.4 Å². The molecule has 0 saturated heterocycles. The normalized spacial score (nSPS) is 13.6. The summed E-state index contributed by atoms with van der Waals surface area (Å²) in [7, 11) is -3.59. The molecule has 0 aliphatic carbocycles. The molecule has 0 fully saturated rings. The Balaban J connectivity index is 4.09. The fourth-order valence-corrected chi connectivity index (χ4v) is 1.33. The zero-order valence-corrected chi connectivity index (χ0v) is 9.41.